The highest BCUT2D eigenvalue weighted by Gasteiger charge is 2.30. The summed E-state index contributed by atoms with van der Waals surface area (Å²) >= 11 is 0. The molecule has 4 amide bonds. The summed E-state index contributed by atoms with van der Waals surface area (Å²) in [4.78, 5) is 53.0. The number of piperidine rings is 2. The number of hydrogen-bond donors (Lipinski definition) is 2. The number of rotatable bonds is 10. The van der Waals surface area contributed by atoms with Gasteiger partial charge in [0.2, 0.25) is 5.91 Å². The lowest BCUT2D eigenvalue weighted by molar-refractivity contribution is -0.120. The third kappa shape index (κ3) is 9.23. The SMILES string of the molecule is Cc1cc(-c2nc(C3=CCN(C4CCN(CC5CCN(c6ccc(N7CCC(=O)NC7=O)cc6)CC5)CC4)CC3)cn3nccc23)ccc1[C@@H](C)NC(=O)c1nnn(C(C)(C)C)n1. The first-order valence-electron chi connectivity index (χ1n) is 22.5. The molecule has 3 saturated heterocycles. The van der Waals surface area contributed by atoms with Crippen LogP contribution in [0.1, 0.15) is 99.7 Å². The number of carbonyl (C=O) groups is 3. The van der Waals surface area contributed by atoms with Crippen molar-refractivity contribution in [3.05, 3.63) is 89.6 Å². The van der Waals surface area contributed by atoms with E-state index in [1.54, 1.807) is 4.90 Å². The molecule has 3 fully saturated rings. The number of urea groups is 1. The summed E-state index contributed by atoms with van der Waals surface area (Å²) in [7, 11) is 0. The number of likely N-dealkylation sites (tertiary alicyclic amines) is 1. The molecule has 4 aliphatic rings. The van der Waals surface area contributed by atoms with Crippen LogP contribution in [0.2, 0.25) is 0 Å². The summed E-state index contributed by atoms with van der Waals surface area (Å²) in [5, 5.41) is 22.4. The van der Waals surface area contributed by atoms with Crippen molar-refractivity contribution in [2.45, 2.75) is 90.8 Å². The van der Waals surface area contributed by atoms with E-state index >= 15 is 0 Å². The number of tetrazole rings is 1. The number of hydrogen-bond acceptors (Lipinski definition) is 11. The maximum atomic E-state index is 13.0. The molecule has 0 spiro atoms. The lowest BCUT2D eigenvalue weighted by Gasteiger charge is -2.41. The van der Waals surface area contributed by atoms with E-state index in [0.29, 0.717) is 24.9 Å². The van der Waals surface area contributed by atoms with Crippen molar-refractivity contribution in [3.63, 3.8) is 0 Å². The van der Waals surface area contributed by atoms with E-state index in [-0.39, 0.29) is 35.3 Å². The molecule has 16 heteroatoms. The molecule has 5 aromatic rings. The van der Waals surface area contributed by atoms with Crippen LogP contribution >= 0.6 is 0 Å². The van der Waals surface area contributed by atoms with Gasteiger partial charge in [-0.1, -0.05) is 18.2 Å². The van der Waals surface area contributed by atoms with Gasteiger partial charge in [-0.2, -0.15) is 9.90 Å². The van der Waals surface area contributed by atoms with Crippen LogP contribution in [0.4, 0.5) is 16.2 Å². The van der Waals surface area contributed by atoms with E-state index in [1.165, 1.54) is 48.3 Å². The average molecular weight is 854 g/mol. The second-order valence-corrected chi connectivity index (χ2v) is 18.7. The van der Waals surface area contributed by atoms with Crippen LogP contribution in [-0.4, -0.2) is 121 Å². The zero-order chi connectivity index (χ0) is 43.8. The van der Waals surface area contributed by atoms with Crippen LogP contribution in [0, 0.1) is 12.8 Å². The summed E-state index contributed by atoms with van der Waals surface area (Å²) < 4.78 is 1.94. The largest absolute Gasteiger partial charge is 0.372 e. The number of nitrogens with one attached hydrogen (secondary N) is 2. The number of carbonyl (C=O) groups excluding carboxylic acids is 3. The number of benzene rings is 2. The molecule has 0 radical (unpaired) electrons. The Hall–Kier alpha value is -6.00. The van der Waals surface area contributed by atoms with Gasteiger partial charge in [-0.15, -0.1) is 10.2 Å². The number of anilines is 2. The van der Waals surface area contributed by atoms with Gasteiger partial charge < -0.3 is 15.1 Å². The number of aromatic nitrogens is 7. The zero-order valence-electron chi connectivity index (χ0n) is 37.1. The molecule has 7 heterocycles. The molecule has 1 atom stereocenters. The highest BCUT2D eigenvalue weighted by molar-refractivity contribution is 6.05. The first-order valence-corrected chi connectivity index (χ1v) is 22.5. The molecular weight excluding hydrogens is 795 g/mol. The lowest BCUT2D eigenvalue weighted by atomic mass is 9.93. The van der Waals surface area contributed by atoms with Gasteiger partial charge in [-0.25, -0.2) is 14.3 Å². The van der Waals surface area contributed by atoms with E-state index in [2.05, 4.69) is 95.4 Å². The van der Waals surface area contributed by atoms with Crippen molar-refractivity contribution >= 4 is 40.3 Å². The molecule has 2 N–H and O–H groups in total. The predicted molar refractivity (Wildman–Crippen MR) is 242 cm³/mol. The molecule has 330 valence electrons. The van der Waals surface area contributed by atoms with Crippen molar-refractivity contribution in [1.82, 2.24) is 55.2 Å². The summed E-state index contributed by atoms with van der Waals surface area (Å²) in [6.07, 6.45) is 12.3. The number of amides is 4. The molecular formula is C47H59N13O3. The number of imide groups is 1. The smallest absolute Gasteiger partial charge is 0.328 e. The molecule has 63 heavy (non-hydrogen) atoms. The monoisotopic (exact) mass is 853 g/mol. The summed E-state index contributed by atoms with van der Waals surface area (Å²) in [5.41, 5.74) is 8.77. The van der Waals surface area contributed by atoms with Crippen LogP contribution < -0.4 is 20.4 Å². The normalized spacial score (nSPS) is 19.3. The van der Waals surface area contributed by atoms with Gasteiger partial charge >= 0.3 is 6.03 Å². The van der Waals surface area contributed by atoms with E-state index in [1.807, 2.05) is 56.6 Å². The van der Waals surface area contributed by atoms with Gasteiger partial charge in [0.15, 0.2) is 0 Å². The molecule has 0 aliphatic carbocycles. The van der Waals surface area contributed by atoms with Gasteiger partial charge in [-0.3, -0.25) is 24.7 Å². The van der Waals surface area contributed by atoms with E-state index in [9.17, 15) is 14.4 Å². The van der Waals surface area contributed by atoms with Gasteiger partial charge in [-0.05, 0) is 144 Å². The third-order valence-corrected chi connectivity index (χ3v) is 13.3. The minimum Gasteiger partial charge on any atom is -0.372 e. The molecule has 4 aliphatic heterocycles. The second kappa shape index (κ2) is 17.6. The topological polar surface area (TPSA) is 162 Å². The Morgan fingerprint density at radius 1 is 0.921 bits per heavy atom. The molecule has 3 aromatic heterocycles. The number of fused-ring (bicyclic) bond motifs is 1. The molecule has 0 saturated carbocycles. The van der Waals surface area contributed by atoms with Gasteiger partial charge in [0.05, 0.1) is 40.9 Å². The summed E-state index contributed by atoms with van der Waals surface area (Å²) in [6.45, 7) is 17.8. The molecule has 2 aromatic carbocycles. The molecule has 0 unspecified atom stereocenters. The van der Waals surface area contributed by atoms with Crippen LogP contribution in [0.25, 0.3) is 22.3 Å². The lowest BCUT2D eigenvalue weighted by Crippen LogP contribution is -2.49. The minimum atomic E-state index is -0.370. The highest BCUT2D eigenvalue weighted by atomic mass is 16.2. The van der Waals surface area contributed by atoms with Crippen LogP contribution in [0.15, 0.2) is 67.0 Å². The van der Waals surface area contributed by atoms with Crippen molar-refractivity contribution in [3.8, 4) is 11.3 Å². The number of nitrogens with zero attached hydrogens (tertiary/aromatic N) is 11. The third-order valence-electron chi connectivity index (χ3n) is 13.3. The second-order valence-electron chi connectivity index (χ2n) is 18.7. The zero-order valence-corrected chi connectivity index (χ0v) is 37.1. The summed E-state index contributed by atoms with van der Waals surface area (Å²) in [6, 6.07) is 16.5. The van der Waals surface area contributed by atoms with Crippen molar-refractivity contribution < 1.29 is 14.4 Å². The molecule has 9 rings (SSSR count). The first-order chi connectivity index (χ1) is 30.4. The van der Waals surface area contributed by atoms with E-state index in [0.717, 1.165) is 85.0 Å². The van der Waals surface area contributed by atoms with Crippen LogP contribution in [-0.2, 0) is 10.3 Å². The molecule has 0 bridgehead atoms. The van der Waals surface area contributed by atoms with Crippen molar-refractivity contribution in [2.75, 3.05) is 62.2 Å². The average Bonchev–Trinajstić information content (AvgIpc) is 3.99. The fraction of sp³-hybridized carbons (Fsp3) is 0.489. The van der Waals surface area contributed by atoms with Crippen molar-refractivity contribution in [1.29, 1.82) is 0 Å². The molecule has 16 nitrogen and oxygen atoms in total. The fourth-order valence-corrected chi connectivity index (χ4v) is 9.64. The Bertz CT molecular complexity index is 2500. The Morgan fingerprint density at radius 3 is 2.37 bits per heavy atom. The van der Waals surface area contributed by atoms with Crippen LogP contribution in [0.3, 0.4) is 0 Å². The first kappa shape index (κ1) is 42.3. The Morgan fingerprint density at radius 2 is 1.68 bits per heavy atom. The maximum Gasteiger partial charge on any atom is 0.328 e. The Kier molecular flexibility index (Phi) is 11.8. The van der Waals surface area contributed by atoms with Crippen LogP contribution in [0.5, 0.6) is 0 Å². The maximum absolute atomic E-state index is 13.0. The summed E-state index contributed by atoms with van der Waals surface area (Å²) in [5.74, 6) is 0.186. The van der Waals surface area contributed by atoms with Gasteiger partial charge in [0.25, 0.3) is 11.7 Å². The quantitative estimate of drug-likeness (QED) is 0.173. The number of aryl methyl sites for hydroxylation is 1. The van der Waals surface area contributed by atoms with Gasteiger partial charge in [0.1, 0.15) is 0 Å². The Balaban J connectivity index is 0.764. The fourth-order valence-electron chi connectivity index (χ4n) is 9.64. The highest BCUT2D eigenvalue weighted by Crippen LogP contribution is 2.32. The Labute approximate surface area is 368 Å². The van der Waals surface area contributed by atoms with Crippen molar-refractivity contribution in [2.24, 2.45) is 5.92 Å². The minimum absolute atomic E-state index is 0.0512. The van der Waals surface area contributed by atoms with Gasteiger partial charge in [0, 0.05) is 68.7 Å². The van der Waals surface area contributed by atoms with E-state index in [4.69, 9.17) is 4.98 Å². The standard InChI is InChI=1S/C47H59N13O3/c1-31-28-35(6-11-39(31)32(2)49-45(62)44-52-54-60(53-44)47(3,4)5)43-41-12-20-48-59(41)30-40(50-43)34-15-25-57(26-16-34)37-17-21-55(22-18-37)29-33-13-23-56(24-14-33)36-7-9-38(10-8-36)58-27-19-42(61)51-46(58)63/h6-12,15,20,28,30,32-33,37H,13-14,16-19,21-27,29H2,1-5H3,(H,49,62)(H,51,61,63)/t32-/m1/s1. The predicted octanol–water partition coefficient (Wildman–Crippen LogP) is 5.85. The van der Waals surface area contributed by atoms with E-state index < -0.39 is 0 Å².